The average molecular weight is 332 g/mol. The van der Waals surface area contributed by atoms with E-state index in [4.69, 9.17) is 5.73 Å². The number of benzene rings is 1. The maximum atomic E-state index is 12.5. The number of aromatic amines is 1. The zero-order valence-corrected chi connectivity index (χ0v) is 12.9. The molecule has 0 fully saturated rings. The summed E-state index contributed by atoms with van der Waals surface area (Å²) in [6.45, 7) is 0. The Bertz CT molecular complexity index is 1210. The van der Waals surface area contributed by atoms with Crippen molar-refractivity contribution >= 4 is 27.7 Å². The Morgan fingerprint density at radius 3 is 2.76 bits per heavy atom. The van der Waals surface area contributed by atoms with E-state index in [0.717, 1.165) is 5.39 Å². The van der Waals surface area contributed by atoms with Gasteiger partial charge in [0.05, 0.1) is 27.7 Å². The first-order chi connectivity index (χ1) is 12.0. The Kier molecular flexibility index (Phi) is 3.21. The average Bonchev–Trinajstić information content (AvgIpc) is 2.60. The highest BCUT2D eigenvalue weighted by atomic mass is 16.3. The minimum absolute atomic E-state index is 0.0915. The van der Waals surface area contributed by atoms with Gasteiger partial charge in [0.25, 0.3) is 5.91 Å². The monoisotopic (exact) mass is 332 g/mol. The molecular formula is C18H12N4O3. The lowest BCUT2D eigenvalue weighted by molar-refractivity contribution is 0.0997. The van der Waals surface area contributed by atoms with Crippen molar-refractivity contribution in [1.82, 2.24) is 15.0 Å². The molecule has 25 heavy (non-hydrogen) atoms. The topological polar surface area (TPSA) is 122 Å². The molecule has 1 amide bonds. The van der Waals surface area contributed by atoms with E-state index in [9.17, 15) is 14.7 Å². The van der Waals surface area contributed by atoms with E-state index < -0.39 is 11.3 Å². The molecule has 0 unspecified atom stereocenters. The number of aromatic hydroxyl groups is 1. The molecular weight excluding hydrogens is 320 g/mol. The fourth-order valence-electron chi connectivity index (χ4n) is 2.84. The van der Waals surface area contributed by atoms with Crippen molar-refractivity contribution in [3.05, 3.63) is 64.6 Å². The number of hydrogen-bond donors (Lipinski definition) is 3. The molecule has 0 bridgehead atoms. The van der Waals surface area contributed by atoms with Gasteiger partial charge in [-0.2, -0.15) is 0 Å². The van der Waals surface area contributed by atoms with Crippen molar-refractivity contribution in [1.29, 1.82) is 0 Å². The van der Waals surface area contributed by atoms with Crippen molar-refractivity contribution in [2.75, 3.05) is 0 Å². The summed E-state index contributed by atoms with van der Waals surface area (Å²) in [5.41, 5.74) is 6.59. The molecule has 1 aromatic carbocycles. The van der Waals surface area contributed by atoms with Gasteiger partial charge in [-0.15, -0.1) is 0 Å². The number of nitrogens with one attached hydrogen (secondary N) is 1. The van der Waals surface area contributed by atoms with Gasteiger partial charge >= 0.3 is 0 Å². The molecule has 0 saturated heterocycles. The summed E-state index contributed by atoms with van der Waals surface area (Å²) in [5, 5.41) is 11.2. The number of amides is 1. The Hall–Kier alpha value is -3.74. The van der Waals surface area contributed by atoms with E-state index in [1.165, 1.54) is 12.3 Å². The number of nitrogens with zero attached hydrogens (tertiary/aromatic N) is 2. The summed E-state index contributed by atoms with van der Waals surface area (Å²) in [6, 6.07) is 11.9. The van der Waals surface area contributed by atoms with E-state index in [2.05, 4.69) is 15.0 Å². The van der Waals surface area contributed by atoms with Crippen molar-refractivity contribution in [2.45, 2.75) is 0 Å². The molecule has 7 heteroatoms. The fraction of sp³-hybridized carbons (Fsp3) is 0. The molecule has 4 aromatic rings. The lowest BCUT2D eigenvalue weighted by atomic mass is 10.1. The van der Waals surface area contributed by atoms with Crippen LogP contribution in [0.5, 0.6) is 5.88 Å². The zero-order chi connectivity index (χ0) is 17.6. The second-order valence-electron chi connectivity index (χ2n) is 5.55. The number of carbonyl (C=O) groups is 1. The van der Waals surface area contributed by atoms with E-state index in [-0.39, 0.29) is 17.0 Å². The standard InChI is InChI=1S/C18H12N4O3/c19-17(24)16-15-12(5-6-20-16)21-13(8-14(15)23)10-7-9-3-1-2-4-11(9)22-18(10)25/h1-8H,(H2,19,24)(H,21,23)(H,22,25). The van der Waals surface area contributed by atoms with Crippen molar-refractivity contribution in [3.8, 4) is 17.1 Å². The number of hydrogen-bond acceptors (Lipinski definition) is 5. The number of rotatable bonds is 2. The molecule has 0 saturated carbocycles. The molecule has 0 aliphatic rings. The Labute approximate surface area is 140 Å². The van der Waals surface area contributed by atoms with Gasteiger partial charge in [0, 0.05) is 17.6 Å². The predicted octanol–water partition coefficient (Wildman–Crippen LogP) is 1.94. The molecule has 3 heterocycles. The van der Waals surface area contributed by atoms with Crippen molar-refractivity contribution in [2.24, 2.45) is 5.73 Å². The van der Waals surface area contributed by atoms with Crippen molar-refractivity contribution < 1.29 is 9.90 Å². The Balaban J connectivity index is 2.01. The first-order valence-electron chi connectivity index (χ1n) is 7.45. The maximum absolute atomic E-state index is 12.5. The third-order valence-electron chi connectivity index (χ3n) is 3.97. The first kappa shape index (κ1) is 14.8. The normalized spacial score (nSPS) is 11.0. The molecule has 7 nitrogen and oxygen atoms in total. The molecule has 0 spiro atoms. The maximum Gasteiger partial charge on any atom is 0.268 e. The van der Waals surface area contributed by atoms with Crippen LogP contribution in [0.15, 0.2) is 53.5 Å². The van der Waals surface area contributed by atoms with Gasteiger partial charge < -0.3 is 15.8 Å². The largest absolute Gasteiger partial charge is 0.493 e. The van der Waals surface area contributed by atoms with Crippen molar-refractivity contribution in [3.63, 3.8) is 0 Å². The number of para-hydroxylation sites is 1. The van der Waals surface area contributed by atoms with Crippen LogP contribution in [0.1, 0.15) is 10.5 Å². The van der Waals surface area contributed by atoms with Crippen LogP contribution in [0, 0.1) is 0 Å². The van der Waals surface area contributed by atoms with Crippen LogP contribution >= 0.6 is 0 Å². The van der Waals surface area contributed by atoms with Crippen LogP contribution in [0.3, 0.4) is 0 Å². The van der Waals surface area contributed by atoms with Gasteiger partial charge in [-0.05, 0) is 18.2 Å². The third-order valence-corrected chi connectivity index (χ3v) is 3.97. The minimum atomic E-state index is -0.779. The lowest BCUT2D eigenvalue weighted by Crippen LogP contribution is -2.17. The lowest BCUT2D eigenvalue weighted by Gasteiger charge is -2.09. The van der Waals surface area contributed by atoms with E-state index in [1.807, 2.05) is 18.2 Å². The van der Waals surface area contributed by atoms with Crippen LogP contribution in [-0.2, 0) is 0 Å². The van der Waals surface area contributed by atoms with E-state index in [0.29, 0.717) is 22.3 Å². The summed E-state index contributed by atoms with van der Waals surface area (Å²) >= 11 is 0. The zero-order valence-electron chi connectivity index (χ0n) is 12.9. The molecule has 3 aromatic heterocycles. The highest BCUT2D eigenvalue weighted by Crippen LogP contribution is 2.29. The van der Waals surface area contributed by atoms with Gasteiger partial charge in [0.15, 0.2) is 5.43 Å². The molecule has 0 radical (unpaired) electrons. The summed E-state index contributed by atoms with van der Waals surface area (Å²) in [7, 11) is 0. The van der Waals surface area contributed by atoms with Crippen LogP contribution in [0.4, 0.5) is 0 Å². The van der Waals surface area contributed by atoms with Gasteiger partial charge in [-0.3, -0.25) is 14.6 Å². The Morgan fingerprint density at radius 1 is 1.16 bits per heavy atom. The highest BCUT2D eigenvalue weighted by molar-refractivity contribution is 6.03. The van der Waals surface area contributed by atoms with Gasteiger partial charge in [0.1, 0.15) is 5.69 Å². The quantitative estimate of drug-likeness (QED) is 0.518. The Morgan fingerprint density at radius 2 is 1.96 bits per heavy atom. The predicted molar refractivity (Wildman–Crippen MR) is 93.3 cm³/mol. The summed E-state index contributed by atoms with van der Waals surface area (Å²) < 4.78 is 0. The number of pyridine rings is 3. The van der Waals surface area contributed by atoms with Gasteiger partial charge in [0.2, 0.25) is 5.88 Å². The summed E-state index contributed by atoms with van der Waals surface area (Å²) in [4.78, 5) is 35.0. The highest BCUT2D eigenvalue weighted by Gasteiger charge is 2.15. The molecule has 4 rings (SSSR count). The van der Waals surface area contributed by atoms with Gasteiger partial charge in [-0.25, -0.2) is 4.98 Å². The van der Waals surface area contributed by atoms with Crippen LogP contribution in [-0.4, -0.2) is 26.0 Å². The smallest absolute Gasteiger partial charge is 0.268 e. The first-order valence-corrected chi connectivity index (χ1v) is 7.45. The number of fused-ring (bicyclic) bond motifs is 2. The molecule has 0 aliphatic carbocycles. The SMILES string of the molecule is NC(=O)c1nccc2[nH]c(-c3cc4ccccc4nc3O)cc(=O)c12. The summed E-state index contributed by atoms with van der Waals surface area (Å²) in [6.07, 6.45) is 1.39. The number of primary amides is 1. The summed E-state index contributed by atoms with van der Waals surface area (Å²) in [5.74, 6) is -0.975. The van der Waals surface area contributed by atoms with Crippen LogP contribution in [0.25, 0.3) is 33.1 Å². The van der Waals surface area contributed by atoms with E-state index in [1.54, 1.807) is 18.2 Å². The molecule has 0 aliphatic heterocycles. The molecule has 4 N–H and O–H groups in total. The molecule has 122 valence electrons. The second kappa shape index (κ2) is 5.41. The fourth-order valence-corrected chi connectivity index (χ4v) is 2.84. The third kappa shape index (κ3) is 2.38. The minimum Gasteiger partial charge on any atom is -0.493 e. The number of aromatic nitrogens is 3. The number of nitrogens with two attached hydrogens (primary N) is 1. The van der Waals surface area contributed by atoms with Gasteiger partial charge in [-0.1, -0.05) is 18.2 Å². The molecule has 0 atom stereocenters. The van der Waals surface area contributed by atoms with Crippen LogP contribution in [0.2, 0.25) is 0 Å². The van der Waals surface area contributed by atoms with E-state index >= 15 is 0 Å². The van der Waals surface area contributed by atoms with Crippen LogP contribution < -0.4 is 11.2 Å². The number of carbonyl (C=O) groups excluding carboxylic acids is 1. The second-order valence-corrected chi connectivity index (χ2v) is 5.55. The number of H-pyrrole nitrogens is 1.